The van der Waals surface area contributed by atoms with E-state index in [1.165, 1.54) is 0 Å². The van der Waals surface area contributed by atoms with E-state index in [1.54, 1.807) is 6.08 Å². The first-order chi connectivity index (χ1) is 5.70. The maximum Gasteiger partial charge on any atom is 0.0839 e. The summed E-state index contributed by atoms with van der Waals surface area (Å²) in [4.78, 5) is 3.93. The molecule has 0 aliphatic heterocycles. The largest absolute Gasteiger partial charge is 0.263 e. The van der Waals surface area contributed by atoms with Gasteiger partial charge in [0, 0.05) is 10.0 Å². The fraction of sp³-hybridized carbons (Fsp3) is 0.100. The molecule has 12 heavy (non-hydrogen) atoms. The molecule has 0 saturated heterocycles. The monoisotopic (exact) mass is 223 g/mol. The molecule has 0 aliphatic carbocycles. The maximum absolute atomic E-state index is 3.93. The van der Waals surface area contributed by atoms with Gasteiger partial charge in [-0.15, -0.1) is 0 Å². The molecule has 1 aromatic carbocycles. The summed E-state index contributed by atoms with van der Waals surface area (Å²) in [6.07, 6.45) is 1.80. The van der Waals surface area contributed by atoms with Gasteiger partial charge in [-0.05, 0) is 41.2 Å². The van der Waals surface area contributed by atoms with Crippen LogP contribution in [0.4, 0.5) is 5.69 Å². The Morgan fingerprint density at radius 1 is 1.50 bits per heavy atom. The summed E-state index contributed by atoms with van der Waals surface area (Å²) in [7, 11) is 0. The Bertz CT molecular complexity index is 296. The molecule has 0 fully saturated rings. The van der Waals surface area contributed by atoms with Crippen molar-refractivity contribution in [1.29, 1.82) is 0 Å². The Balaban J connectivity index is 3.48. The van der Waals surface area contributed by atoms with Crippen molar-refractivity contribution in [3.8, 4) is 0 Å². The van der Waals surface area contributed by atoms with Gasteiger partial charge in [0.25, 0.3) is 0 Å². The van der Waals surface area contributed by atoms with Crippen LogP contribution in [-0.4, -0.2) is 6.72 Å². The zero-order valence-electron chi connectivity index (χ0n) is 6.97. The van der Waals surface area contributed by atoms with E-state index in [9.17, 15) is 0 Å². The minimum Gasteiger partial charge on any atom is -0.263 e. The minimum atomic E-state index is 0.866. The first kappa shape index (κ1) is 9.20. The summed E-state index contributed by atoms with van der Waals surface area (Å²) in [5.41, 5.74) is 3.07. The predicted octanol–water partition coefficient (Wildman–Crippen LogP) is 3.73. The lowest BCUT2D eigenvalue weighted by atomic mass is 10.1. The third-order valence-electron chi connectivity index (χ3n) is 1.75. The van der Waals surface area contributed by atoms with Gasteiger partial charge in [0.05, 0.1) is 5.69 Å². The Hall–Kier alpha value is -0.890. The highest BCUT2D eigenvalue weighted by molar-refractivity contribution is 9.10. The molecule has 1 nitrogen and oxygen atoms in total. The van der Waals surface area contributed by atoms with Gasteiger partial charge in [-0.2, -0.15) is 0 Å². The molecule has 0 saturated carbocycles. The number of aryl methyl sites for hydroxylation is 1. The van der Waals surface area contributed by atoms with Crippen molar-refractivity contribution in [2.45, 2.75) is 6.92 Å². The molecular weight excluding hydrogens is 214 g/mol. The lowest BCUT2D eigenvalue weighted by molar-refractivity contribution is 1.39. The van der Waals surface area contributed by atoms with E-state index >= 15 is 0 Å². The average molecular weight is 224 g/mol. The highest BCUT2D eigenvalue weighted by Gasteiger charge is 2.04. The molecular formula is C10H10BrN. The third kappa shape index (κ3) is 1.48. The van der Waals surface area contributed by atoms with E-state index in [0.717, 1.165) is 21.3 Å². The van der Waals surface area contributed by atoms with Gasteiger partial charge in [-0.3, -0.25) is 4.99 Å². The summed E-state index contributed by atoms with van der Waals surface area (Å²) in [6, 6.07) is 3.99. The second-order valence-corrected chi connectivity index (χ2v) is 3.34. The topological polar surface area (TPSA) is 12.4 Å². The SMILES string of the molecule is C=Cc1c(C)ccc(Br)c1N=C. The van der Waals surface area contributed by atoms with Crippen LogP contribution in [-0.2, 0) is 0 Å². The molecule has 0 atom stereocenters. The zero-order chi connectivity index (χ0) is 9.14. The van der Waals surface area contributed by atoms with Crippen LogP contribution in [0.5, 0.6) is 0 Å². The first-order valence-electron chi connectivity index (χ1n) is 3.59. The Kier molecular flexibility index (Phi) is 2.82. The highest BCUT2D eigenvalue weighted by atomic mass is 79.9. The average Bonchev–Trinajstić information content (AvgIpc) is 2.08. The standard InChI is InChI=1S/C10H10BrN/c1-4-8-7(2)5-6-9(11)10(8)12-3/h4-6H,1,3H2,2H3. The quantitative estimate of drug-likeness (QED) is 0.678. The van der Waals surface area contributed by atoms with Crippen LogP contribution in [0.15, 0.2) is 28.2 Å². The molecule has 0 amide bonds. The van der Waals surface area contributed by atoms with Crippen LogP contribution in [0.2, 0.25) is 0 Å². The first-order valence-corrected chi connectivity index (χ1v) is 4.38. The van der Waals surface area contributed by atoms with Gasteiger partial charge in [0.15, 0.2) is 0 Å². The minimum absolute atomic E-state index is 0.866. The van der Waals surface area contributed by atoms with Crippen LogP contribution >= 0.6 is 15.9 Å². The summed E-state index contributed by atoms with van der Waals surface area (Å²) in [5.74, 6) is 0. The second-order valence-electron chi connectivity index (χ2n) is 2.49. The van der Waals surface area contributed by atoms with Gasteiger partial charge < -0.3 is 0 Å². The summed E-state index contributed by atoms with van der Waals surface area (Å²) >= 11 is 3.40. The molecule has 1 aromatic rings. The predicted molar refractivity (Wildman–Crippen MR) is 58.2 cm³/mol. The molecule has 0 heterocycles. The molecule has 0 bridgehead atoms. The number of rotatable bonds is 2. The van der Waals surface area contributed by atoms with Crippen LogP contribution in [0.25, 0.3) is 6.08 Å². The Labute approximate surface area is 81.0 Å². The van der Waals surface area contributed by atoms with E-state index in [0.29, 0.717) is 0 Å². The number of hydrogen-bond acceptors (Lipinski definition) is 1. The van der Waals surface area contributed by atoms with Crippen molar-refractivity contribution in [2.75, 3.05) is 0 Å². The second kappa shape index (κ2) is 3.68. The van der Waals surface area contributed by atoms with Crippen LogP contribution < -0.4 is 0 Å². The normalized spacial score (nSPS) is 9.50. The van der Waals surface area contributed by atoms with Crippen molar-refractivity contribution < 1.29 is 0 Å². The molecule has 0 N–H and O–H groups in total. The number of aliphatic imine (C=N–C) groups is 1. The van der Waals surface area contributed by atoms with Crippen molar-refractivity contribution in [2.24, 2.45) is 4.99 Å². The van der Waals surface area contributed by atoms with E-state index in [-0.39, 0.29) is 0 Å². The van der Waals surface area contributed by atoms with Crippen LogP contribution in [0.3, 0.4) is 0 Å². The number of nitrogens with zero attached hydrogens (tertiary/aromatic N) is 1. The van der Waals surface area contributed by atoms with Crippen molar-refractivity contribution in [3.05, 3.63) is 34.3 Å². The van der Waals surface area contributed by atoms with Crippen molar-refractivity contribution in [1.82, 2.24) is 0 Å². The number of benzene rings is 1. The lowest BCUT2D eigenvalue weighted by Crippen LogP contribution is -1.81. The van der Waals surface area contributed by atoms with Crippen molar-refractivity contribution in [3.63, 3.8) is 0 Å². The van der Waals surface area contributed by atoms with Crippen molar-refractivity contribution >= 4 is 34.4 Å². The Morgan fingerprint density at radius 3 is 2.58 bits per heavy atom. The maximum atomic E-state index is 3.93. The molecule has 0 radical (unpaired) electrons. The van der Waals surface area contributed by atoms with Gasteiger partial charge in [-0.25, -0.2) is 0 Å². The Morgan fingerprint density at radius 2 is 2.17 bits per heavy atom. The van der Waals surface area contributed by atoms with E-state index in [2.05, 4.69) is 34.2 Å². The summed E-state index contributed by atoms with van der Waals surface area (Å²) in [6.45, 7) is 9.27. The number of halogens is 1. The molecule has 1 rings (SSSR count). The fourth-order valence-electron chi connectivity index (χ4n) is 1.10. The van der Waals surface area contributed by atoms with E-state index in [4.69, 9.17) is 0 Å². The smallest absolute Gasteiger partial charge is 0.0839 e. The highest BCUT2D eigenvalue weighted by Crippen LogP contribution is 2.31. The third-order valence-corrected chi connectivity index (χ3v) is 2.39. The van der Waals surface area contributed by atoms with E-state index < -0.39 is 0 Å². The molecule has 0 spiro atoms. The lowest BCUT2D eigenvalue weighted by Gasteiger charge is -2.05. The zero-order valence-corrected chi connectivity index (χ0v) is 8.56. The van der Waals surface area contributed by atoms with Gasteiger partial charge >= 0.3 is 0 Å². The molecule has 2 heteroatoms. The van der Waals surface area contributed by atoms with Gasteiger partial charge in [-0.1, -0.05) is 18.7 Å². The van der Waals surface area contributed by atoms with Gasteiger partial charge in [0.1, 0.15) is 0 Å². The van der Waals surface area contributed by atoms with Crippen LogP contribution in [0.1, 0.15) is 11.1 Å². The molecule has 0 unspecified atom stereocenters. The molecule has 0 aromatic heterocycles. The van der Waals surface area contributed by atoms with Gasteiger partial charge in [0.2, 0.25) is 0 Å². The summed E-state index contributed by atoms with van der Waals surface area (Å²) < 4.78 is 0.956. The van der Waals surface area contributed by atoms with E-state index in [1.807, 2.05) is 19.1 Å². The fourth-order valence-corrected chi connectivity index (χ4v) is 1.57. The number of hydrogen-bond donors (Lipinski definition) is 0. The summed E-state index contributed by atoms with van der Waals surface area (Å²) in [5, 5.41) is 0. The molecule has 62 valence electrons. The van der Waals surface area contributed by atoms with Crippen LogP contribution in [0, 0.1) is 6.92 Å². The molecule has 0 aliphatic rings.